The number of hydrogen-bond acceptors (Lipinski definition) is 3. The molecule has 0 saturated heterocycles. The van der Waals surface area contributed by atoms with Crippen LogP contribution in [0.5, 0.6) is 0 Å². The van der Waals surface area contributed by atoms with Crippen LogP contribution in [0, 0.1) is 5.82 Å². The van der Waals surface area contributed by atoms with Crippen molar-refractivity contribution in [3.8, 4) is 0 Å². The third-order valence-corrected chi connectivity index (χ3v) is 2.73. The van der Waals surface area contributed by atoms with E-state index < -0.39 is 0 Å². The second-order valence-corrected chi connectivity index (χ2v) is 4.31. The molecule has 0 saturated carbocycles. The zero-order chi connectivity index (χ0) is 13.0. The normalized spacial score (nSPS) is 10.6. The summed E-state index contributed by atoms with van der Waals surface area (Å²) in [4.78, 5) is 4.14. The van der Waals surface area contributed by atoms with Gasteiger partial charge in [0.2, 0.25) is 0 Å². The smallest absolute Gasteiger partial charge is 0.146 e. The molecule has 1 aromatic carbocycles. The summed E-state index contributed by atoms with van der Waals surface area (Å²) in [6.07, 6.45) is 2.48. The molecule has 1 aromatic heterocycles. The Balaban J connectivity index is 2.06. The van der Waals surface area contributed by atoms with Crippen molar-refractivity contribution in [1.29, 1.82) is 0 Å². The number of nitrogens with zero attached hydrogens (tertiary/aromatic N) is 3. The van der Waals surface area contributed by atoms with Crippen LogP contribution in [0.4, 0.5) is 10.1 Å². The summed E-state index contributed by atoms with van der Waals surface area (Å²) in [5, 5.41) is 7.57. The Hall–Kier alpha value is -1.62. The molecule has 2 aromatic rings. The largest absolute Gasteiger partial charge is 0.375 e. The fourth-order valence-electron chi connectivity index (χ4n) is 1.63. The van der Waals surface area contributed by atoms with Gasteiger partial charge < -0.3 is 5.32 Å². The number of nitrogens with one attached hydrogen (secondary N) is 1. The molecular formula is C12H14ClFN4. The Bertz CT molecular complexity index is 527. The van der Waals surface area contributed by atoms with Gasteiger partial charge in [-0.3, -0.25) is 0 Å². The Kier molecular flexibility index (Phi) is 4.15. The highest BCUT2D eigenvalue weighted by Crippen LogP contribution is 2.19. The van der Waals surface area contributed by atoms with E-state index in [9.17, 15) is 4.39 Å². The van der Waals surface area contributed by atoms with Crippen molar-refractivity contribution < 1.29 is 4.39 Å². The number of rotatable bonds is 5. The minimum atomic E-state index is -0.332. The van der Waals surface area contributed by atoms with Crippen molar-refractivity contribution in [2.75, 3.05) is 5.32 Å². The van der Waals surface area contributed by atoms with Crippen molar-refractivity contribution in [1.82, 2.24) is 14.8 Å². The van der Waals surface area contributed by atoms with E-state index in [2.05, 4.69) is 22.3 Å². The summed E-state index contributed by atoms with van der Waals surface area (Å²) in [5.74, 6) is 0.442. The summed E-state index contributed by atoms with van der Waals surface area (Å²) in [6, 6.07) is 4.40. The van der Waals surface area contributed by atoms with Gasteiger partial charge in [-0.25, -0.2) is 14.1 Å². The van der Waals surface area contributed by atoms with Gasteiger partial charge in [-0.15, -0.1) is 0 Å². The molecule has 0 unspecified atom stereocenters. The van der Waals surface area contributed by atoms with Gasteiger partial charge in [-0.1, -0.05) is 18.5 Å². The summed E-state index contributed by atoms with van der Waals surface area (Å²) < 4.78 is 15.3. The van der Waals surface area contributed by atoms with E-state index in [1.54, 1.807) is 10.7 Å². The highest BCUT2D eigenvalue weighted by molar-refractivity contribution is 6.30. The summed E-state index contributed by atoms with van der Waals surface area (Å²) in [7, 11) is 0. The maximum absolute atomic E-state index is 13.5. The zero-order valence-corrected chi connectivity index (χ0v) is 10.8. The van der Waals surface area contributed by atoms with Crippen LogP contribution in [0.2, 0.25) is 5.02 Å². The number of aromatic nitrogens is 3. The quantitative estimate of drug-likeness (QED) is 0.906. The van der Waals surface area contributed by atoms with Crippen LogP contribution in [-0.2, 0) is 13.1 Å². The molecule has 0 bridgehead atoms. The fourth-order valence-corrected chi connectivity index (χ4v) is 1.80. The topological polar surface area (TPSA) is 42.7 Å². The highest BCUT2D eigenvalue weighted by atomic mass is 35.5. The molecular weight excluding hydrogens is 255 g/mol. The van der Waals surface area contributed by atoms with Crippen LogP contribution in [0.3, 0.4) is 0 Å². The maximum atomic E-state index is 13.5. The van der Waals surface area contributed by atoms with Gasteiger partial charge in [-0.2, -0.15) is 5.10 Å². The van der Waals surface area contributed by atoms with Crippen LogP contribution in [-0.4, -0.2) is 14.8 Å². The lowest BCUT2D eigenvalue weighted by atomic mass is 10.3. The van der Waals surface area contributed by atoms with Gasteiger partial charge >= 0.3 is 0 Å². The highest BCUT2D eigenvalue weighted by Gasteiger charge is 2.06. The summed E-state index contributed by atoms with van der Waals surface area (Å²) in [6.45, 7) is 3.28. The van der Waals surface area contributed by atoms with Crippen molar-refractivity contribution in [3.05, 3.63) is 41.2 Å². The number of aryl methyl sites for hydroxylation is 1. The Morgan fingerprint density at radius 1 is 1.44 bits per heavy atom. The second-order valence-electron chi connectivity index (χ2n) is 3.88. The standard InChI is InChI=1S/C12H14ClFN4/c1-2-5-18-12(16-8-17-18)7-15-11-6-9(13)3-4-10(11)14/h3-4,6,8,15H,2,5,7H2,1H3. The summed E-state index contributed by atoms with van der Waals surface area (Å²) >= 11 is 5.82. The van der Waals surface area contributed by atoms with E-state index in [0.717, 1.165) is 18.8 Å². The minimum absolute atomic E-state index is 0.332. The predicted molar refractivity (Wildman–Crippen MR) is 69.0 cm³/mol. The van der Waals surface area contributed by atoms with Gasteiger partial charge in [-0.05, 0) is 24.6 Å². The zero-order valence-electron chi connectivity index (χ0n) is 10.0. The lowest BCUT2D eigenvalue weighted by Gasteiger charge is -2.08. The maximum Gasteiger partial charge on any atom is 0.146 e. The van der Waals surface area contributed by atoms with Crippen molar-refractivity contribution >= 4 is 17.3 Å². The molecule has 1 N–H and O–H groups in total. The van der Waals surface area contributed by atoms with Crippen molar-refractivity contribution in [3.63, 3.8) is 0 Å². The predicted octanol–water partition coefficient (Wildman–Crippen LogP) is 3.09. The molecule has 4 nitrogen and oxygen atoms in total. The molecule has 0 radical (unpaired) electrons. The van der Waals surface area contributed by atoms with Crippen molar-refractivity contribution in [2.45, 2.75) is 26.4 Å². The first kappa shape index (κ1) is 12.8. The van der Waals surface area contributed by atoms with E-state index in [0.29, 0.717) is 17.3 Å². The lowest BCUT2D eigenvalue weighted by Crippen LogP contribution is -2.10. The van der Waals surface area contributed by atoms with Crippen LogP contribution < -0.4 is 5.32 Å². The molecule has 0 fully saturated rings. The third-order valence-electron chi connectivity index (χ3n) is 2.50. The lowest BCUT2D eigenvalue weighted by molar-refractivity contribution is 0.572. The van der Waals surface area contributed by atoms with Gasteiger partial charge in [0.25, 0.3) is 0 Å². The SMILES string of the molecule is CCCn1ncnc1CNc1cc(Cl)ccc1F. The molecule has 0 aliphatic rings. The van der Waals surface area contributed by atoms with Gasteiger partial charge in [0.15, 0.2) is 0 Å². The summed E-state index contributed by atoms with van der Waals surface area (Å²) in [5.41, 5.74) is 0.369. The molecule has 0 aliphatic heterocycles. The fraction of sp³-hybridized carbons (Fsp3) is 0.333. The molecule has 2 rings (SSSR count). The molecule has 18 heavy (non-hydrogen) atoms. The van der Waals surface area contributed by atoms with Gasteiger partial charge in [0.1, 0.15) is 18.0 Å². The average molecular weight is 269 g/mol. The number of hydrogen-bond donors (Lipinski definition) is 1. The Morgan fingerprint density at radius 3 is 3.06 bits per heavy atom. The van der Waals surface area contributed by atoms with Crippen LogP contribution >= 0.6 is 11.6 Å². The average Bonchev–Trinajstić information content (AvgIpc) is 2.78. The monoisotopic (exact) mass is 268 g/mol. The third kappa shape index (κ3) is 2.98. The van der Waals surface area contributed by atoms with Crippen LogP contribution in [0.15, 0.2) is 24.5 Å². The molecule has 0 atom stereocenters. The minimum Gasteiger partial charge on any atom is -0.375 e. The molecule has 0 aliphatic carbocycles. The second kappa shape index (κ2) is 5.82. The van der Waals surface area contributed by atoms with Crippen LogP contribution in [0.25, 0.3) is 0 Å². The molecule has 96 valence electrons. The van der Waals surface area contributed by atoms with E-state index in [4.69, 9.17) is 11.6 Å². The van der Waals surface area contributed by atoms with E-state index in [-0.39, 0.29) is 5.82 Å². The Morgan fingerprint density at radius 2 is 2.28 bits per heavy atom. The molecule has 1 heterocycles. The first-order valence-corrected chi connectivity index (χ1v) is 6.14. The van der Waals surface area contributed by atoms with Crippen LogP contribution in [0.1, 0.15) is 19.2 Å². The first-order valence-electron chi connectivity index (χ1n) is 5.76. The Labute approximate surface area is 110 Å². The van der Waals surface area contributed by atoms with E-state index in [1.807, 2.05) is 0 Å². The first-order chi connectivity index (χ1) is 8.70. The number of benzene rings is 1. The molecule has 6 heteroatoms. The van der Waals surface area contributed by atoms with E-state index in [1.165, 1.54) is 18.5 Å². The van der Waals surface area contributed by atoms with Gasteiger partial charge in [0.05, 0.1) is 12.2 Å². The molecule has 0 amide bonds. The van der Waals surface area contributed by atoms with Crippen molar-refractivity contribution in [2.24, 2.45) is 0 Å². The van der Waals surface area contributed by atoms with E-state index >= 15 is 0 Å². The molecule has 0 spiro atoms. The number of halogens is 2. The number of anilines is 1. The van der Waals surface area contributed by atoms with Gasteiger partial charge in [0, 0.05) is 11.6 Å².